The number of hydrogen-bond acceptors (Lipinski definition) is 3. The molecule has 0 aliphatic rings. The van der Waals surface area contributed by atoms with Crippen molar-refractivity contribution in [2.24, 2.45) is 0 Å². The van der Waals surface area contributed by atoms with E-state index in [-0.39, 0.29) is 12.4 Å². The van der Waals surface area contributed by atoms with Crippen molar-refractivity contribution < 1.29 is 14.3 Å². The van der Waals surface area contributed by atoms with Crippen LogP contribution in [-0.4, -0.2) is 18.9 Å². The average molecular weight is 268 g/mol. The van der Waals surface area contributed by atoms with Gasteiger partial charge in [-0.2, -0.15) is 0 Å². The maximum absolute atomic E-state index is 11.7. The SMILES string of the molecule is CCOC(=O)Cc1c(C=O)cccc1-c1ccccc1. The normalized spacial score (nSPS) is 10.1. The summed E-state index contributed by atoms with van der Waals surface area (Å²) in [5.74, 6) is -0.320. The molecule has 0 saturated heterocycles. The number of carbonyl (C=O) groups excluding carboxylic acids is 2. The van der Waals surface area contributed by atoms with Gasteiger partial charge in [0.05, 0.1) is 13.0 Å². The van der Waals surface area contributed by atoms with Crippen LogP contribution < -0.4 is 0 Å². The molecule has 0 saturated carbocycles. The molecule has 2 aromatic rings. The van der Waals surface area contributed by atoms with Gasteiger partial charge in [-0.1, -0.05) is 48.5 Å². The Balaban J connectivity index is 2.46. The maximum atomic E-state index is 11.7. The lowest BCUT2D eigenvalue weighted by Crippen LogP contribution is -2.10. The van der Waals surface area contributed by atoms with Gasteiger partial charge in [-0.3, -0.25) is 9.59 Å². The minimum Gasteiger partial charge on any atom is -0.466 e. The number of carbonyl (C=O) groups is 2. The van der Waals surface area contributed by atoms with Crippen molar-refractivity contribution in [3.05, 3.63) is 59.7 Å². The van der Waals surface area contributed by atoms with Crippen LogP contribution in [0.15, 0.2) is 48.5 Å². The van der Waals surface area contributed by atoms with Crippen molar-refractivity contribution in [1.29, 1.82) is 0 Å². The second-order valence-electron chi connectivity index (χ2n) is 4.34. The Morgan fingerprint density at radius 1 is 1.10 bits per heavy atom. The molecule has 0 spiro atoms. The molecule has 20 heavy (non-hydrogen) atoms. The first-order valence-electron chi connectivity index (χ1n) is 6.54. The van der Waals surface area contributed by atoms with Gasteiger partial charge in [0.1, 0.15) is 6.29 Å². The van der Waals surface area contributed by atoms with Crippen LogP contribution in [0.1, 0.15) is 22.8 Å². The highest BCUT2D eigenvalue weighted by Crippen LogP contribution is 2.26. The second kappa shape index (κ2) is 6.66. The fraction of sp³-hybridized carbons (Fsp3) is 0.176. The zero-order chi connectivity index (χ0) is 14.4. The third-order valence-corrected chi connectivity index (χ3v) is 3.05. The van der Waals surface area contributed by atoms with Crippen molar-refractivity contribution in [1.82, 2.24) is 0 Å². The number of benzene rings is 2. The first kappa shape index (κ1) is 14.0. The first-order chi connectivity index (χ1) is 9.76. The summed E-state index contributed by atoms with van der Waals surface area (Å²) < 4.78 is 4.98. The molecule has 0 radical (unpaired) electrons. The van der Waals surface area contributed by atoms with Gasteiger partial charge in [0.25, 0.3) is 0 Å². The van der Waals surface area contributed by atoms with Crippen molar-refractivity contribution in [2.45, 2.75) is 13.3 Å². The number of rotatable bonds is 5. The largest absolute Gasteiger partial charge is 0.466 e. The van der Waals surface area contributed by atoms with E-state index in [1.54, 1.807) is 13.0 Å². The molecular formula is C17H16O3. The maximum Gasteiger partial charge on any atom is 0.310 e. The molecular weight excluding hydrogens is 252 g/mol. The molecule has 0 unspecified atom stereocenters. The summed E-state index contributed by atoms with van der Waals surface area (Å²) in [5.41, 5.74) is 3.12. The van der Waals surface area contributed by atoms with Crippen molar-refractivity contribution in [3.63, 3.8) is 0 Å². The lowest BCUT2D eigenvalue weighted by atomic mass is 9.94. The number of aldehydes is 1. The van der Waals surface area contributed by atoms with E-state index in [0.717, 1.165) is 17.4 Å². The fourth-order valence-electron chi connectivity index (χ4n) is 2.16. The molecule has 2 aromatic carbocycles. The molecule has 0 aromatic heterocycles. The molecule has 3 nitrogen and oxygen atoms in total. The lowest BCUT2D eigenvalue weighted by Gasteiger charge is -2.11. The number of hydrogen-bond donors (Lipinski definition) is 0. The van der Waals surface area contributed by atoms with Gasteiger partial charge < -0.3 is 4.74 Å². The van der Waals surface area contributed by atoms with Crippen LogP contribution >= 0.6 is 0 Å². The van der Waals surface area contributed by atoms with E-state index < -0.39 is 0 Å². The van der Waals surface area contributed by atoms with Gasteiger partial charge >= 0.3 is 5.97 Å². The second-order valence-corrected chi connectivity index (χ2v) is 4.34. The molecule has 0 fully saturated rings. The Morgan fingerprint density at radius 3 is 2.50 bits per heavy atom. The lowest BCUT2D eigenvalue weighted by molar-refractivity contribution is -0.142. The van der Waals surface area contributed by atoms with Crippen LogP contribution in [0.3, 0.4) is 0 Å². The van der Waals surface area contributed by atoms with Crippen LogP contribution in [0.4, 0.5) is 0 Å². The van der Waals surface area contributed by atoms with Crippen LogP contribution in [0.2, 0.25) is 0 Å². The van der Waals surface area contributed by atoms with E-state index in [1.807, 2.05) is 42.5 Å². The standard InChI is InChI=1S/C17H16O3/c1-2-20-17(19)11-16-14(12-18)9-6-10-15(16)13-7-4-3-5-8-13/h3-10,12H,2,11H2,1H3. The molecule has 0 N–H and O–H groups in total. The van der Waals surface area contributed by atoms with Crippen molar-refractivity contribution in [3.8, 4) is 11.1 Å². The third kappa shape index (κ3) is 3.12. The number of ether oxygens (including phenoxy) is 1. The van der Waals surface area contributed by atoms with Gasteiger partial charge in [0.2, 0.25) is 0 Å². The summed E-state index contributed by atoms with van der Waals surface area (Å²) >= 11 is 0. The topological polar surface area (TPSA) is 43.4 Å². The summed E-state index contributed by atoms with van der Waals surface area (Å²) in [6.45, 7) is 2.10. The van der Waals surface area contributed by atoms with E-state index >= 15 is 0 Å². The van der Waals surface area contributed by atoms with Crippen LogP contribution in [0.25, 0.3) is 11.1 Å². The highest BCUT2D eigenvalue weighted by Gasteiger charge is 2.14. The average Bonchev–Trinajstić information content (AvgIpc) is 2.48. The van der Waals surface area contributed by atoms with E-state index in [1.165, 1.54) is 0 Å². The summed E-state index contributed by atoms with van der Waals surface area (Å²) in [5, 5.41) is 0. The van der Waals surface area contributed by atoms with Gasteiger partial charge in [0.15, 0.2) is 0 Å². The van der Waals surface area contributed by atoms with Gasteiger partial charge in [-0.05, 0) is 23.6 Å². The van der Waals surface area contributed by atoms with E-state index in [0.29, 0.717) is 17.7 Å². The third-order valence-electron chi connectivity index (χ3n) is 3.05. The van der Waals surface area contributed by atoms with E-state index in [4.69, 9.17) is 4.74 Å². The summed E-state index contributed by atoms with van der Waals surface area (Å²) in [7, 11) is 0. The van der Waals surface area contributed by atoms with Crippen molar-refractivity contribution in [2.75, 3.05) is 6.61 Å². The summed E-state index contributed by atoms with van der Waals surface area (Å²) in [4.78, 5) is 22.9. The Labute approximate surface area is 118 Å². The fourth-order valence-corrected chi connectivity index (χ4v) is 2.16. The van der Waals surface area contributed by atoms with Gasteiger partial charge in [0, 0.05) is 5.56 Å². The van der Waals surface area contributed by atoms with E-state index in [9.17, 15) is 9.59 Å². The smallest absolute Gasteiger partial charge is 0.310 e. The summed E-state index contributed by atoms with van der Waals surface area (Å²) in [6.07, 6.45) is 0.883. The monoisotopic (exact) mass is 268 g/mol. The van der Waals surface area contributed by atoms with Gasteiger partial charge in [-0.15, -0.1) is 0 Å². The van der Waals surface area contributed by atoms with Crippen LogP contribution in [-0.2, 0) is 16.0 Å². The van der Waals surface area contributed by atoms with Crippen LogP contribution in [0, 0.1) is 0 Å². The van der Waals surface area contributed by atoms with Gasteiger partial charge in [-0.25, -0.2) is 0 Å². The Kier molecular flexibility index (Phi) is 4.66. The first-order valence-corrected chi connectivity index (χ1v) is 6.54. The van der Waals surface area contributed by atoms with Crippen LogP contribution in [0.5, 0.6) is 0 Å². The minimum atomic E-state index is -0.320. The van der Waals surface area contributed by atoms with E-state index in [2.05, 4.69) is 0 Å². The highest BCUT2D eigenvalue weighted by atomic mass is 16.5. The molecule has 3 heteroatoms. The summed E-state index contributed by atoms with van der Waals surface area (Å²) in [6, 6.07) is 15.1. The number of esters is 1. The molecule has 0 bridgehead atoms. The Bertz CT molecular complexity index is 603. The van der Waals surface area contributed by atoms with Crippen molar-refractivity contribution >= 4 is 12.3 Å². The zero-order valence-electron chi connectivity index (χ0n) is 11.3. The predicted octanol–water partition coefficient (Wildman–Crippen LogP) is 3.27. The molecule has 0 aliphatic carbocycles. The molecule has 2 rings (SSSR count). The highest BCUT2D eigenvalue weighted by molar-refractivity contribution is 5.87. The molecule has 0 amide bonds. The molecule has 0 aliphatic heterocycles. The predicted molar refractivity (Wildman–Crippen MR) is 77.6 cm³/mol. The minimum absolute atomic E-state index is 0.104. The zero-order valence-corrected chi connectivity index (χ0v) is 11.3. The molecule has 0 atom stereocenters. The Hall–Kier alpha value is -2.42. The Morgan fingerprint density at radius 2 is 1.85 bits per heavy atom. The quantitative estimate of drug-likeness (QED) is 0.617. The molecule has 102 valence electrons. The molecule has 0 heterocycles.